The Morgan fingerprint density at radius 2 is 2.14 bits per heavy atom. The molecule has 21 heavy (non-hydrogen) atoms. The van der Waals surface area contributed by atoms with E-state index >= 15 is 0 Å². The molecule has 0 radical (unpaired) electrons. The molecule has 1 saturated heterocycles. The van der Waals surface area contributed by atoms with E-state index < -0.39 is 0 Å². The minimum atomic E-state index is 0.666. The molecule has 1 fully saturated rings. The van der Waals surface area contributed by atoms with Crippen LogP contribution in [0.4, 0.5) is 5.69 Å². The Morgan fingerprint density at radius 3 is 2.90 bits per heavy atom. The molecule has 3 rings (SSSR count). The molecule has 112 valence electrons. The molecule has 0 amide bonds. The molecule has 3 nitrogen and oxygen atoms in total. The van der Waals surface area contributed by atoms with Crippen molar-refractivity contribution in [3.63, 3.8) is 0 Å². The van der Waals surface area contributed by atoms with Gasteiger partial charge in [0.2, 0.25) is 0 Å². The van der Waals surface area contributed by atoms with Gasteiger partial charge in [-0.05, 0) is 51.8 Å². The summed E-state index contributed by atoms with van der Waals surface area (Å²) in [5.74, 6) is 0.750. The summed E-state index contributed by atoms with van der Waals surface area (Å²) in [6.45, 7) is 10.1. The number of aromatic nitrogens is 1. The van der Waals surface area contributed by atoms with Gasteiger partial charge in [0.05, 0.1) is 5.52 Å². The summed E-state index contributed by atoms with van der Waals surface area (Å²) in [5.41, 5.74) is 3.38. The predicted molar refractivity (Wildman–Crippen MR) is 89.8 cm³/mol. The fraction of sp³-hybridized carbons (Fsp3) is 0.500. The molecule has 0 spiro atoms. The molecule has 1 aliphatic heterocycles. The van der Waals surface area contributed by atoms with Crippen molar-refractivity contribution < 1.29 is 0 Å². The number of nitrogens with zero attached hydrogens (tertiary/aromatic N) is 2. The van der Waals surface area contributed by atoms with Gasteiger partial charge in [-0.1, -0.05) is 18.2 Å². The first-order valence-electron chi connectivity index (χ1n) is 7.98. The lowest BCUT2D eigenvalue weighted by Crippen LogP contribution is -2.29. The minimum Gasteiger partial charge on any atom is -0.384 e. The number of hydrogen-bond acceptors (Lipinski definition) is 3. The first-order chi connectivity index (χ1) is 10.1. The van der Waals surface area contributed by atoms with Crippen LogP contribution in [0.25, 0.3) is 10.9 Å². The van der Waals surface area contributed by atoms with Crippen molar-refractivity contribution in [2.45, 2.75) is 33.2 Å². The Hall–Kier alpha value is -1.61. The van der Waals surface area contributed by atoms with E-state index in [0.717, 1.165) is 23.7 Å². The fourth-order valence-corrected chi connectivity index (χ4v) is 3.21. The van der Waals surface area contributed by atoms with Crippen molar-refractivity contribution in [2.24, 2.45) is 5.92 Å². The Bertz CT molecular complexity index is 621. The second kappa shape index (κ2) is 6.02. The number of pyridine rings is 1. The number of fused-ring (bicyclic) bond motifs is 1. The molecule has 2 aromatic rings. The summed E-state index contributed by atoms with van der Waals surface area (Å²) in [4.78, 5) is 7.17. The highest BCUT2D eigenvalue weighted by atomic mass is 15.2. The van der Waals surface area contributed by atoms with Crippen LogP contribution in [-0.2, 0) is 0 Å². The van der Waals surface area contributed by atoms with E-state index in [-0.39, 0.29) is 0 Å². The summed E-state index contributed by atoms with van der Waals surface area (Å²) in [7, 11) is 0. The lowest BCUT2D eigenvalue weighted by molar-refractivity contribution is 0.266. The van der Waals surface area contributed by atoms with Crippen molar-refractivity contribution in [3.05, 3.63) is 36.0 Å². The van der Waals surface area contributed by atoms with Crippen molar-refractivity contribution in [1.29, 1.82) is 0 Å². The van der Waals surface area contributed by atoms with Crippen molar-refractivity contribution in [3.8, 4) is 0 Å². The number of benzene rings is 1. The summed E-state index contributed by atoms with van der Waals surface area (Å²) in [6, 6.07) is 11.2. The van der Waals surface area contributed by atoms with Crippen molar-refractivity contribution >= 4 is 16.6 Å². The summed E-state index contributed by atoms with van der Waals surface area (Å²) < 4.78 is 0. The number of rotatable bonds is 4. The molecule has 0 aliphatic carbocycles. The second-order valence-corrected chi connectivity index (χ2v) is 6.45. The lowest BCUT2D eigenvalue weighted by atomic mass is 10.1. The zero-order valence-electron chi connectivity index (χ0n) is 13.3. The van der Waals surface area contributed by atoms with Gasteiger partial charge in [-0.25, -0.2) is 0 Å². The average molecular weight is 283 g/mol. The summed E-state index contributed by atoms with van der Waals surface area (Å²) in [5, 5.41) is 4.89. The predicted octanol–water partition coefficient (Wildman–Crippen LogP) is 3.69. The zero-order valence-corrected chi connectivity index (χ0v) is 13.3. The topological polar surface area (TPSA) is 28.2 Å². The Labute approximate surface area is 127 Å². The minimum absolute atomic E-state index is 0.666. The normalized spacial score (nSPS) is 19.5. The average Bonchev–Trinajstić information content (AvgIpc) is 2.93. The van der Waals surface area contributed by atoms with Crippen molar-refractivity contribution in [2.75, 3.05) is 25.0 Å². The molecule has 1 aromatic heterocycles. The van der Waals surface area contributed by atoms with Crippen LogP contribution in [0.5, 0.6) is 0 Å². The van der Waals surface area contributed by atoms with Crippen LogP contribution in [-0.4, -0.2) is 35.6 Å². The van der Waals surface area contributed by atoms with Gasteiger partial charge in [-0.3, -0.25) is 4.98 Å². The second-order valence-electron chi connectivity index (χ2n) is 6.45. The monoisotopic (exact) mass is 283 g/mol. The molecule has 1 unspecified atom stereocenters. The quantitative estimate of drug-likeness (QED) is 0.927. The van der Waals surface area contributed by atoms with E-state index in [1.165, 1.54) is 30.6 Å². The molecule has 0 bridgehead atoms. The SMILES string of the molecule is Cc1cc(NCC2CCN(C(C)C)C2)c2ccccc2n1. The molecule has 1 aromatic carbocycles. The van der Waals surface area contributed by atoms with Gasteiger partial charge >= 0.3 is 0 Å². The van der Waals surface area contributed by atoms with Gasteiger partial charge in [0, 0.05) is 35.9 Å². The highest BCUT2D eigenvalue weighted by Gasteiger charge is 2.23. The van der Waals surface area contributed by atoms with E-state index in [0.29, 0.717) is 6.04 Å². The first kappa shape index (κ1) is 14.3. The third-order valence-electron chi connectivity index (χ3n) is 4.47. The van der Waals surface area contributed by atoms with Gasteiger partial charge in [0.1, 0.15) is 0 Å². The van der Waals surface area contributed by atoms with E-state index in [4.69, 9.17) is 0 Å². The molecular weight excluding hydrogens is 258 g/mol. The van der Waals surface area contributed by atoms with E-state index in [1.807, 2.05) is 0 Å². The third-order valence-corrected chi connectivity index (χ3v) is 4.47. The molecular formula is C18H25N3. The van der Waals surface area contributed by atoms with Gasteiger partial charge in [0.25, 0.3) is 0 Å². The maximum absolute atomic E-state index is 4.60. The number of likely N-dealkylation sites (tertiary alicyclic amines) is 1. The van der Waals surface area contributed by atoms with Crippen LogP contribution in [0.1, 0.15) is 26.0 Å². The van der Waals surface area contributed by atoms with Crippen LogP contribution in [0, 0.1) is 12.8 Å². The molecule has 0 saturated carbocycles. The number of para-hydroxylation sites is 1. The number of nitrogens with one attached hydrogen (secondary N) is 1. The highest BCUT2D eigenvalue weighted by molar-refractivity contribution is 5.91. The Morgan fingerprint density at radius 1 is 1.33 bits per heavy atom. The smallest absolute Gasteiger partial charge is 0.0725 e. The third kappa shape index (κ3) is 3.18. The Kier molecular flexibility index (Phi) is 4.11. The molecule has 1 N–H and O–H groups in total. The molecule has 2 heterocycles. The maximum Gasteiger partial charge on any atom is 0.0725 e. The van der Waals surface area contributed by atoms with E-state index in [1.54, 1.807) is 0 Å². The van der Waals surface area contributed by atoms with Gasteiger partial charge < -0.3 is 10.2 Å². The Balaban J connectivity index is 1.71. The summed E-state index contributed by atoms with van der Waals surface area (Å²) in [6.07, 6.45) is 1.30. The molecule has 3 heteroatoms. The molecule has 1 aliphatic rings. The fourth-order valence-electron chi connectivity index (χ4n) is 3.21. The van der Waals surface area contributed by atoms with Gasteiger partial charge in [-0.2, -0.15) is 0 Å². The maximum atomic E-state index is 4.60. The highest BCUT2D eigenvalue weighted by Crippen LogP contribution is 2.25. The van der Waals surface area contributed by atoms with E-state index in [9.17, 15) is 0 Å². The number of hydrogen-bond donors (Lipinski definition) is 1. The van der Waals surface area contributed by atoms with Gasteiger partial charge in [0.15, 0.2) is 0 Å². The summed E-state index contributed by atoms with van der Waals surface area (Å²) >= 11 is 0. The first-order valence-corrected chi connectivity index (χ1v) is 7.98. The van der Waals surface area contributed by atoms with E-state index in [2.05, 4.69) is 66.3 Å². The van der Waals surface area contributed by atoms with Crippen LogP contribution in [0.3, 0.4) is 0 Å². The van der Waals surface area contributed by atoms with Crippen LogP contribution in [0.15, 0.2) is 30.3 Å². The van der Waals surface area contributed by atoms with Gasteiger partial charge in [-0.15, -0.1) is 0 Å². The standard InChI is InChI=1S/C18H25N3/c1-13(2)21-9-8-15(12-21)11-19-18-10-14(3)20-17-7-5-4-6-16(17)18/h4-7,10,13,15H,8-9,11-12H2,1-3H3,(H,19,20). The number of anilines is 1. The van der Waals surface area contributed by atoms with Crippen LogP contribution < -0.4 is 5.32 Å². The van der Waals surface area contributed by atoms with Crippen molar-refractivity contribution in [1.82, 2.24) is 9.88 Å². The largest absolute Gasteiger partial charge is 0.384 e. The zero-order chi connectivity index (χ0) is 14.8. The molecule has 1 atom stereocenters. The van der Waals surface area contributed by atoms with Crippen LogP contribution >= 0.6 is 0 Å². The number of aryl methyl sites for hydroxylation is 1. The lowest BCUT2D eigenvalue weighted by Gasteiger charge is -2.20. The van der Waals surface area contributed by atoms with Crippen LogP contribution in [0.2, 0.25) is 0 Å².